The molecule has 0 aliphatic heterocycles. The summed E-state index contributed by atoms with van der Waals surface area (Å²) >= 11 is 0. The van der Waals surface area contributed by atoms with Gasteiger partial charge in [-0.1, -0.05) is 18.5 Å². The quantitative estimate of drug-likeness (QED) is 0.191. The van der Waals surface area contributed by atoms with Crippen LogP contribution in [0.5, 0.6) is 0 Å². The molecule has 0 aliphatic carbocycles. The molecule has 1 radical (unpaired) electrons. The van der Waals surface area contributed by atoms with E-state index in [1.54, 1.807) is 0 Å². The lowest BCUT2D eigenvalue weighted by Crippen LogP contribution is -1.96. The van der Waals surface area contributed by atoms with Gasteiger partial charge in [-0.25, -0.2) is 4.79 Å². The van der Waals surface area contributed by atoms with Crippen LogP contribution >= 0.6 is 0 Å². The summed E-state index contributed by atoms with van der Waals surface area (Å²) in [5, 5.41) is 3.22. The van der Waals surface area contributed by atoms with Gasteiger partial charge in [0, 0.05) is 4.91 Å². The highest BCUT2D eigenvalue weighted by molar-refractivity contribution is 5.33. The summed E-state index contributed by atoms with van der Waals surface area (Å²) in [6.45, 7) is 3.52. The van der Waals surface area contributed by atoms with Crippen molar-refractivity contribution in [1.82, 2.24) is 0 Å². The third-order valence-electron chi connectivity index (χ3n) is 0.849. The molecule has 0 aromatic rings. The van der Waals surface area contributed by atoms with Crippen molar-refractivity contribution in [3.63, 3.8) is 0 Å². The maximum Gasteiger partial charge on any atom is 0.235 e. The van der Waals surface area contributed by atoms with E-state index in [0.717, 1.165) is 0 Å². The van der Waals surface area contributed by atoms with Gasteiger partial charge in [-0.15, -0.1) is 0 Å². The van der Waals surface area contributed by atoms with Crippen molar-refractivity contribution in [2.75, 3.05) is 0 Å². The molecule has 5 nitrogen and oxygen atoms in total. The number of hydrogen-bond acceptors (Lipinski definition) is 3. The Morgan fingerprint density at radius 3 is 2.90 bits per heavy atom. The lowest BCUT2D eigenvalue weighted by molar-refractivity contribution is 0.552. The zero-order valence-electron chi connectivity index (χ0n) is 5.40. The molecule has 10 heavy (non-hydrogen) atoms. The van der Waals surface area contributed by atoms with Crippen molar-refractivity contribution in [3.8, 4) is 0 Å². The molecule has 0 amide bonds. The molecule has 0 aromatic heterocycles. The molecular weight excluding hydrogens is 132 g/mol. The van der Waals surface area contributed by atoms with Gasteiger partial charge in [0.1, 0.15) is 6.17 Å². The van der Waals surface area contributed by atoms with E-state index in [4.69, 9.17) is 5.53 Å². The lowest BCUT2D eigenvalue weighted by atomic mass is 10.3. The van der Waals surface area contributed by atoms with Crippen molar-refractivity contribution in [3.05, 3.63) is 17.4 Å². The van der Waals surface area contributed by atoms with E-state index < -0.39 is 6.17 Å². The van der Waals surface area contributed by atoms with E-state index in [1.165, 1.54) is 6.08 Å². The molecule has 0 spiro atoms. The standard InChI is InChI=1S/C5H7N4O/c1-2-3-5(7-4-10)8-9-6/h5H,1-3H2. The Balaban J connectivity index is 3.96. The topological polar surface area (TPSA) is 78.2 Å². The van der Waals surface area contributed by atoms with Crippen LogP contribution < -0.4 is 0 Å². The van der Waals surface area contributed by atoms with Crippen LogP contribution in [0.3, 0.4) is 0 Å². The van der Waals surface area contributed by atoms with Crippen LogP contribution in [0, 0.1) is 6.92 Å². The van der Waals surface area contributed by atoms with Crippen LogP contribution in [0.1, 0.15) is 12.8 Å². The Hall–Kier alpha value is -1.31. The molecule has 53 valence electrons. The van der Waals surface area contributed by atoms with Crippen molar-refractivity contribution in [2.45, 2.75) is 19.0 Å². The summed E-state index contributed by atoms with van der Waals surface area (Å²) < 4.78 is 0. The first-order chi connectivity index (χ1) is 4.85. The second-order valence-electron chi connectivity index (χ2n) is 1.55. The second-order valence-corrected chi connectivity index (χ2v) is 1.55. The number of nitrogens with zero attached hydrogens (tertiary/aromatic N) is 4. The fourth-order valence-corrected chi connectivity index (χ4v) is 0.451. The Morgan fingerprint density at radius 2 is 2.50 bits per heavy atom. The summed E-state index contributed by atoms with van der Waals surface area (Å²) in [5.74, 6) is 0. The number of aliphatic imine (C=N–C) groups is 1. The van der Waals surface area contributed by atoms with Crippen molar-refractivity contribution in [2.24, 2.45) is 10.1 Å². The first kappa shape index (κ1) is 8.69. The molecule has 1 unspecified atom stereocenters. The summed E-state index contributed by atoms with van der Waals surface area (Å²) in [7, 11) is 0. The van der Waals surface area contributed by atoms with Crippen molar-refractivity contribution < 1.29 is 4.79 Å². The van der Waals surface area contributed by atoms with E-state index in [9.17, 15) is 4.79 Å². The minimum Gasteiger partial charge on any atom is -0.211 e. The minimum atomic E-state index is -0.625. The van der Waals surface area contributed by atoms with Gasteiger partial charge in [-0.05, 0) is 12.0 Å². The molecule has 0 saturated heterocycles. The van der Waals surface area contributed by atoms with Gasteiger partial charge in [0.25, 0.3) is 0 Å². The third kappa shape index (κ3) is 3.66. The minimum absolute atomic E-state index is 0.485. The molecule has 0 heterocycles. The highest BCUT2D eigenvalue weighted by Gasteiger charge is 1.99. The number of carbonyl (C=O) groups excluding carboxylic acids is 1. The molecule has 1 atom stereocenters. The van der Waals surface area contributed by atoms with Gasteiger partial charge in [-0.2, -0.15) is 4.99 Å². The summed E-state index contributed by atoms with van der Waals surface area (Å²) in [4.78, 5) is 15.4. The first-order valence-corrected chi connectivity index (χ1v) is 2.75. The van der Waals surface area contributed by atoms with E-state index in [1.807, 2.05) is 0 Å². The summed E-state index contributed by atoms with van der Waals surface area (Å²) in [5.41, 5.74) is 7.94. The number of hydrogen-bond donors (Lipinski definition) is 0. The average molecular weight is 139 g/mol. The molecule has 0 rings (SSSR count). The van der Waals surface area contributed by atoms with E-state index in [-0.39, 0.29) is 0 Å². The van der Waals surface area contributed by atoms with Crippen LogP contribution in [-0.2, 0) is 4.79 Å². The predicted molar refractivity (Wildman–Crippen MR) is 35.6 cm³/mol. The van der Waals surface area contributed by atoms with Crippen molar-refractivity contribution in [1.29, 1.82) is 0 Å². The predicted octanol–water partition coefficient (Wildman–Crippen LogP) is 1.57. The van der Waals surface area contributed by atoms with Gasteiger partial charge in [0.15, 0.2) is 0 Å². The van der Waals surface area contributed by atoms with Gasteiger partial charge < -0.3 is 0 Å². The molecule has 0 bridgehead atoms. The van der Waals surface area contributed by atoms with E-state index in [0.29, 0.717) is 12.8 Å². The smallest absolute Gasteiger partial charge is 0.211 e. The number of isocyanates is 1. The van der Waals surface area contributed by atoms with Crippen LogP contribution in [0.2, 0.25) is 0 Å². The molecule has 5 heteroatoms. The SMILES string of the molecule is [CH2]CCC(N=C=O)N=[N+]=[N-]. The maximum absolute atomic E-state index is 9.67. The second kappa shape index (κ2) is 5.82. The molecule has 0 aromatic carbocycles. The normalized spacial score (nSPS) is 10.9. The number of azide groups is 1. The Kier molecular flexibility index (Phi) is 5.06. The van der Waals surface area contributed by atoms with Gasteiger partial charge >= 0.3 is 0 Å². The maximum atomic E-state index is 9.67. The van der Waals surface area contributed by atoms with Crippen LogP contribution in [0.15, 0.2) is 10.1 Å². The molecular formula is C5H7N4O. The molecule has 0 aliphatic rings. The molecule has 0 fully saturated rings. The van der Waals surface area contributed by atoms with Gasteiger partial charge in [0.05, 0.1) is 0 Å². The Bertz CT molecular complexity index is 160. The van der Waals surface area contributed by atoms with Gasteiger partial charge in [-0.3, -0.25) is 0 Å². The highest BCUT2D eigenvalue weighted by atomic mass is 16.1. The fourth-order valence-electron chi connectivity index (χ4n) is 0.451. The lowest BCUT2D eigenvalue weighted by Gasteiger charge is -1.96. The zero-order valence-corrected chi connectivity index (χ0v) is 5.40. The first-order valence-electron chi connectivity index (χ1n) is 2.75. The highest BCUT2D eigenvalue weighted by Crippen LogP contribution is 2.01. The Morgan fingerprint density at radius 1 is 1.80 bits per heavy atom. The fraction of sp³-hybridized carbons (Fsp3) is 0.600. The summed E-state index contributed by atoms with van der Waals surface area (Å²) in [6, 6.07) is 0. The monoisotopic (exact) mass is 139 g/mol. The molecule has 0 saturated carbocycles. The van der Waals surface area contributed by atoms with Crippen LogP contribution in [0.4, 0.5) is 0 Å². The zero-order chi connectivity index (χ0) is 7.82. The summed E-state index contributed by atoms with van der Waals surface area (Å²) in [6.07, 6.45) is 1.76. The van der Waals surface area contributed by atoms with Crippen molar-refractivity contribution >= 4 is 6.08 Å². The Labute approximate surface area is 58.4 Å². The van der Waals surface area contributed by atoms with E-state index >= 15 is 0 Å². The third-order valence-corrected chi connectivity index (χ3v) is 0.849. The number of rotatable bonds is 4. The van der Waals surface area contributed by atoms with E-state index in [2.05, 4.69) is 21.9 Å². The molecule has 0 N–H and O–H groups in total. The van der Waals surface area contributed by atoms with Crippen LogP contribution in [-0.4, -0.2) is 12.2 Å². The van der Waals surface area contributed by atoms with Gasteiger partial charge in [0.2, 0.25) is 6.08 Å². The largest absolute Gasteiger partial charge is 0.235 e. The average Bonchev–Trinajstić information content (AvgIpc) is 1.90. The van der Waals surface area contributed by atoms with Crippen LogP contribution in [0.25, 0.3) is 10.4 Å².